The van der Waals surface area contributed by atoms with Crippen molar-refractivity contribution in [1.82, 2.24) is 5.16 Å². The summed E-state index contributed by atoms with van der Waals surface area (Å²) in [5.41, 5.74) is 0.928. The SMILES string of the molecule is CCNc1on[c]c1C. The molecule has 1 aromatic rings. The van der Waals surface area contributed by atoms with E-state index >= 15 is 0 Å². The highest BCUT2D eigenvalue weighted by molar-refractivity contribution is 5.36. The van der Waals surface area contributed by atoms with Gasteiger partial charge in [0.1, 0.15) is 6.20 Å². The Morgan fingerprint density at radius 3 is 3.00 bits per heavy atom. The highest BCUT2D eigenvalue weighted by atomic mass is 16.5. The van der Waals surface area contributed by atoms with Gasteiger partial charge in [-0.15, -0.1) is 0 Å². The van der Waals surface area contributed by atoms with E-state index in [9.17, 15) is 0 Å². The van der Waals surface area contributed by atoms with Crippen LogP contribution in [-0.2, 0) is 0 Å². The molecule has 1 rings (SSSR count). The topological polar surface area (TPSA) is 38.1 Å². The molecule has 1 N–H and O–H groups in total. The Morgan fingerprint density at radius 1 is 1.78 bits per heavy atom. The molecule has 3 heteroatoms. The monoisotopic (exact) mass is 125 g/mol. The van der Waals surface area contributed by atoms with Gasteiger partial charge in [0.15, 0.2) is 0 Å². The zero-order valence-electron chi connectivity index (χ0n) is 5.56. The number of aromatic nitrogens is 1. The van der Waals surface area contributed by atoms with Crippen molar-refractivity contribution in [1.29, 1.82) is 0 Å². The van der Waals surface area contributed by atoms with Crippen molar-refractivity contribution < 1.29 is 4.52 Å². The third-order valence-corrected chi connectivity index (χ3v) is 1.03. The Kier molecular flexibility index (Phi) is 1.72. The first-order valence-electron chi connectivity index (χ1n) is 2.92. The van der Waals surface area contributed by atoms with Gasteiger partial charge in [-0.25, -0.2) is 0 Å². The molecule has 0 aliphatic heterocycles. The fourth-order valence-electron chi connectivity index (χ4n) is 0.582. The van der Waals surface area contributed by atoms with Crippen LogP contribution in [-0.4, -0.2) is 11.7 Å². The zero-order valence-corrected chi connectivity index (χ0v) is 5.56. The minimum atomic E-state index is 0.720. The lowest BCUT2D eigenvalue weighted by Gasteiger charge is -1.94. The molecule has 0 saturated carbocycles. The predicted octanol–water partition coefficient (Wildman–Crippen LogP) is 1.22. The van der Waals surface area contributed by atoms with Crippen molar-refractivity contribution in [3.63, 3.8) is 0 Å². The highest BCUT2D eigenvalue weighted by Gasteiger charge is 1.99. The summed E-state index contributed by atoms with van der Waals surface area (Å²) in [6.45, 7) is 4.75. The summed E-state index contributed by atoms with van der Waals surface area (Å²) in [5, 5.41) is 6.47. The number of nitrogens with one attached hydrogen (secondary N) is 1. The summed E-state index contributed by atoms with van der Waals surface area (Å²) in [6, 6.07) is 0. The Balaban J connectivity index is 2.69. The van der Waals surface area contributed by atoms with Crippen LogP contribution >= 0.6 is 0 Å². The minimum absolute atomic E-state index is 0.720. The Hall–Kier alpha value is -0.990. The molecule has 1 heterocycles. The maximum absolute atomic E-state index is 4.79. The molecule has 49 valence electrons. The lowest BCUT2D eigenvalue weighted by atomic mass is 10.4. The van der Waals surface area contributed by atoms with E-state index in [0.29, 0.717) is 0 Å². The lowest BCUT2D eigenvalue weighted by Crippen LogP contribution is -1.95. The first kappa shape index (κ1) is 6.13. The Labute approximate surface area is 54.0 Å². The van der Waals surface area contributed by atoms with E-state index in [4.69, 9.17) is 4.52 Å². The van der Waals surface area contributed by atoms with Gasteiger partial charge < -0.3 is 9.84 Å². The van der Waals surface area contributed by atoms with Gasteiger partial charge in [0.05, 0.1) is 0 Å². The van der Waals surface area contributed by atoms with Crippen molar-refractivity contribution >= 4 is 5.88 Å². The van der Waals surface area contributed by atoms with Crippen LogP contribution < -0.4 is 5.32 Å². The highest BCUT2D eigenvalue weighted by Crippen LogP contribution is 2.10. The fraction of sp³-hybridized carbons (Fsp3) is 0.500. The van der Waals surface area contributed by atoms with Crippen LogP contribution in [0.1, 0.15) is 12.5 Å². The summed E-state index contributed by atoms with van der Waals surface area (Å²) in [7, 11) is 0. The number of anilines is 1. The standard InChI is InChI=1S/C6H9N2O/c1-3-7-6-5(2)4-8-9-6/h7H,3H2,1-2H3. The van der Waals surface area contributed by atoms with Crippen LogP contribution in [0, 0.1) is 13.1 Å². The second-order valence-electron chi connectivity index (χ2n) is 1.78. The van der Waals surface area contributed by atoms with Gasteiger partial charge in [-0.2, -0.15) is 0 Å². The summed E-state index contributed by atoms with van der Waals surface area (Å²) in [4.78, 5) is 0. The van der Waals surface area contributed by atoms with Crippen molar-refractivity contribution in [2.24, 2.45) is 0 Å². The van der Waals surface area contributed by atoms with Crippen LogP contribution in [0.4, 0.5) is 5.88 Å². The normalized spacial score (nSPS) is 9.56. The predicted molar refractivity (Wildman–Crippen MR) is 34.2 cm³/mol. The largest absolute Gasteiger partial charge is 0.354 e. The maximum atomic E-state index is 4.79. The smallest absolute Gasteiger partial charge is 0.228 e. The summed E-state index contributed by atoms with van der Waals surface area (Å²) in [5.74, 6) is 0.720. The van der Waals surface area contributed by atoms with Gasteiger partial charge in [-0.3, -0.25) is 0 Å². The second kappa shape index (κ2) is 2.53. The van der Waals surface area contributed by atoms with E-state index in [1.807, 2.05) is 13.8 Å². The van der Waals surface area contributed by atoms with E-state index in [0.717, 1.165) is 18.0 Å². The summed E-state index contributed by atoms with van der Waals surface area (Å²) in [6.07, 6.45) is 2.67. The van der Waals surface area contributed by atoms with Gasteiger partial charge in [-0.1, -0.05) is 5.16 Å². The Morgan fingerprint density at radius 2 is 2.56 bits per heavy atom. The van der Waals surface area contributed by atoms with E-state index in [1.54, 1.807) is 0 Å². The molecular formula is C6H9N2O. The van der Waals surface area contributed by atoms with E-state index < -0.39 is 0 Å². The first-order valence-corrected chi connectivity index (χ1v) is 2.92. The summed E-state index contributed by atoms with van der Waals surface area (Å²) >= 11 is 0. The molecule has 0 bridgehead atoms. The molecule has 1 aromatic heterocycles. The van der Waals surface area contributed by atoms with Gasteiger partial charge in [-0.05, 0) is 13.8 Å². The molecular weight excluding hydrogens is 116 g/mol. The molecule has 0 unspecified atom stereocenters. The van der Waals surface area contributed by atoms with E-state index in [2.05, 4.69) is 16.7 Å². The average Bonchev–Trinajstić information content (AvgIpc) is 2.18. The molecule has 0 fully saturated rings. The van der Waals surface area contributed by atoms with Crippen molar-refractivity contribution in [2.75, 3.05) is 11.9 Å². The molecule has 0 aliphatic rings. The minimum Gasteiger partial charge on any atom is -0.354 e. The Bertz CT molecular complexity index is 183. The average molecular weight is 125 g/mol. The number of aryl methyl sites for hydroxylation is 1. The lowest BCUT2D eigenvalue weighted by molar-refractivity contribution is 0.431. The quantitative estimate of drug-likeness (QED) is 0.645. The third-order valence-electron chi connectivity index (χ3n) is 1.03. The number of hydrogen-bond donors (Lipinski definition) is 1. The van der Waals surface area contributed by atoms with Crippen LogP contribution in [0.5, 0.6) is 0 Å². The van der Waals surface area contributed by atoms with Gasteiger partial charge in [0.25, 0.3) is 0 Å². The second-order valence-corrected chi connectivity index (χ2v) is 1.78. The van der Waals surface area contributed by atoms with Gasteiger partial charge >= 0.3 is 0 Å². The maximum Gasteiger partial charge on any atom is 0.228 e. The number of rotatable bonds is 2. The van der Waals surface area contributed by atoms with Crippen LogP contribution in [0.25, 0.3) is 0 Å². The molecule has 0 aromatic carbocycles. The van der Waals surface area contributed by atoms with Gasteiger partial charge in [0, 0.05) is 12.1 Å². The summed E-state index contributed by atoms with van der Waals surface area (Å²) < 4.78 is 4.79. The van der Waals surface area contributed by atoms with Crippen molar-refractivity contribution in [3.8, 4) is 0 Å². The fourth-order valence-corrected chi connectivity index (χ4v) is 0.582. The molecule has 9 heavy (non-hydrogen) atoms. The number of hydrogen-bond acceptors (Lipinski definition) is 3. The molecule has 0 amide bonds. The van der Waals surface area contributed by atoms with E-state index in [1.165, 1.54) is 0 Å². The van der Waals surface area contributed by atoms with E-state index in [-0.39, 0.29) is 0 Å². The number of nitrogens with zero attached hydrogens (tertiary/aromatic N) is 1. The van der Waals surface area contributed by atoms with Crippen molar-refractivity contribution in [3.05, 3.63) is 11.8 Å². The zero-order chi connectivity index (χ0) is 6.69. The van der Waals surface area contributed by atoms with Crippen LogP contribution in [0.2, 0.25) is 0 Å². The molecule has 0 spiro atoms. The third kappa shape index (κ3) is 1.22. The molecule has 1 radical (unpaired) electrons. The van der Waals surface area contributed by atoms with Crippen molar-refractivity contribution in [2.45, 2.75) is 13.8 Å². The first-order chi connectivity index (χ1) is 4.34. The molecule has 3 nitrogen and oxygen atoms in total. The molecule has 0 saturated heterocycles. The van der Waals surface area contributed by atoms with Crippen LogP contribution in [0.3, 0.4) is 0 Å². The molecule has 0 atom stereocenters. The van der Waals surface area contributed by atoms with Gasteiger partial charge in [0.2, 0.25) is 5.88 Å². The van der Waals surface area contributed by atoms with Crippen LogP contribution in [0.15, 0.2) is 4.52 Å². The molecule has 0 aliphatic carbocycles.